The van der Waals surface area contributed by atoms with E-state index in [1.807, 2.05) is 0 Å². The second kappa shape index (κ2) is 5.81. The normalized spacial score (nSPS) is 22.9. The summed E-state index contributed by atoms with van der Waals surface area (Å²) in [5.74, 6) is -4.26. The predicted octanol–water partition coefficient (Wildman–Crippen LogP) is 1.79. The molecule has 1 aromatic heterocycles. The lowest BCUT2D eigenvalue weighted by Crippen LogP contribution is -2.53. The summed E-state index contributed by atoms with van der Waals surface area (Å²) in [5.41, 5.74) is -0.542. The molecule has 26 heavy (non-hydrogen) atoms. The van der Waals surface area contributed by atoms with Gasteiger partial charge >= 0.3 is 18.3 Å². The summed E-state index contributed by atoms with van der Waals surface area (Å²) in [4.78, 5) is 32.1. The van der Waals surface area contributed by atoms with E-state index in [4.69, 9.17) is 0 Å². The number of carbonyl (C=O) groups is 2. The lowest BCUT2D eigenvalue weighted by molar-refractivity contribution is -0.187. The molecule has 1 aromatic rings. The minimum absolute atomic E-state index is 0.0612. The molecule has 0 aliphatic carbocycles. The summed E-state index contributed by atoms with van der Waals surface area (Å²) in [5, 5.41) is 0. The van der Waals surface area contributed by atoms with Crippen LogP contribution in [0.4, 0.5) is 26.3 Å². The van der Waals surface area contributed by atoms with Crippen LogP contribution in [0.15, 0.2) is 6.07 Å². The number of likely N-dealkylation sites (tertiary alicyclic amines) is 2. The van der Waals surface area contributed by atoms with E-state index in [-0.39, 0.29) is 25.2 Å². The van der Waals surface area contributed by atoms with Crippen molar-refractivity contribution in [2.45, 2.75) is 37.8 Å². The number of nitrogens with zero attached hydrogens (tertiary/aromatic N) is 4. The molecule has 6 nitrogen and oxygen atoms in total. The molecule has 2 aliphatic heterocycles. The molecule has 3 heterocycles. The maximum Gasteiger partial charge on any atom is 0.471 e. The van der Waals surface area contributed by atoms with Crippen molar-refractivity contribution in [3.63, 3.8) is 0 Å². The summed E-state index contributed by atoms with van der Waals surface area (Å²) >= 11 is 0. The molecule has 2 aliphatic rings. The molecule has 0 radical (unpaired) electrons. The molecule has 0 saturated carbocycles. The topological polar surface area (TPSA) is 66.4 Å². The molecule has 2 saturated heterocycles. The Kier molecular flexibility index (Phi) is 4.11. The standard InChI is InChI=1S/C14H12F6N4O2/c1-6-2-9(22-11(21-6)13(15,16)17)10(25)23-4-8-3-7(23)5-24(8)12(26)14(18,19)20/h2,7-8H,3-5H2,1H3/t7-,8-/m0/s1. The summed E-state index contributed by atoms with van der Waals surface area (Å²) in [7, 11) is 0. The first-order valence-electron chi connectivity index (χ1n) is 7.49. The largest absolute Gasteiger partial charge is 0.471 e. The zero-order chi connectivity index (χ0) is 19.4. The van der Waals surface area contributed by atoms with E-state index in [9.17, 15) is 35.9 Å². The van der Waals surface area contributed by atoms with Gasteiger partial charge in [-0.2, -0.15) is 26.3 Å². The number of aryl methyl sites for hydroxylation is 1. The molecule has 0 aromatic carbocycles. The fraction of sp³-hybridized carbons (Fsp3) is 0.571. The third kappa shape index (κ3) is 3.19. The van der Waals surface area contributed by atoms with E-state index in [1.165, 1.54) is 6.92 Å². The van der Waals surface area contributed by atoms with Crippen molar-refractivity contribution in [1.29, 1.82) is 0 Å². The van der Waals surface area contributed by atoms with Crippen LogP contribution < -0.4 is 0 Å². The minimum atomic E-state index is -5.01. The molecule has 2 bridgehead atoms. The van der Waals surface area contributed by atoms with E-state index < -0.39 is 47.8 Å². The number of amides is 2. The molecule has 2 amide bonds. The zero-order valence-electron chi connectivity index (χ0n) is 13.2. The second-order valence-corrected chi connectivity index (χ2v) is 6.17. The number of hydrogen-bond donors (Lipinski definition) is 0. The lowest BCUT2D eigenvalue weighted by atomic mass is 10.2. The first kappa shape index (κ1) is 18.4. The molecule has 2 atom stereocenters. The van der Waals surface area contributed by atoms with Gasteiger partial charge in [-0.25, -0.2) is 9.97 Å². The number of fused-ring (bicyclic) bond motifs is 2. The monoisotopic (exact) mass is 382 g/mol. The number of alkyl halides is 6. The van der Waals surface area contributed by atoms with Gasteiger partial charge in [0, 0.05) is 18.8 Å². The van der Waals surface area contributed by atoms with Crippen LogP contribution in [0, 0.1) is 6.92 Å². The van der Waals surface area contributed by atoms with Crippen LogP contribution in [0.25, 0.3) is 0 Å². The third-order valence-corrected chi connectivity index (χ3v) is 4.33. The Hall–Kier alpha value is -2.40. The number of carbonyl (C=O) groups excluding carboxylic acids is 2. The average Bonchev–Trinajstić information content (AvgIpc) is 3.11. The predicted molar refractivity (Wildman–Crippen MR) is 72.8 cm³/mol. The highest BCUT2D eigenvalue weighted by molar-refractivity contribution is 5.93. The Labute approximate surface area is 142 Å². The van der Waals surface area contributed by atoms with Crippen molar-refractivity contribution in [3.8, 4) is 0 Å². The minimum Gasteiger partial charge on any atom is -0.330 e. The van der Waals surface area contributed by atoms with Crippen molar-refractivity contribution < 1.29 is 35.9 Å². The Morgan fingerprint density at radius 3 is 2.12 bits per heavy atom. The number of aromatic nitrogens is 2. The SMILES string of the molecule is Cc1cc(C(=O)N2C[C@@H]3C[C@H]2CN3C(=O)C(F)(F)F)nc(C(F)(F)F)n1. The van der Waals surface area contributed by atoms with Crippen molar-refractivity contribution in [1.82, 2.24) is 19.8 Å². The lowest BCUT2D eigenvalue weighted by Gasteiger charge is -2.34. The smallest absolute Gasteiger partial charge is 0.330 e. The summed E-state index contributed by atoms with van der Waals surface area (Å²) in [6.07, 6.45) is -9.70. The molecule has 2 fully saturated rings. The molecule has 0 spiro atoms. The Bertz CT molecular complexity index is 763. The number of rotatable bonds is 1. The van der Waals surface area contributed by atoms with Crippen molar-refractivity contribution in [2.75, 3.05) is 13.1 Å². The van der Waals surface area contributed by atoms with E-state index in [1.54, 1.807) is 0 Å². The van der Waals surface area contributed by atoms with Crippen LogP contribution in [-0.4, -0.2) is 62.9 Å². The van der Waals surface area contributed by atoms with Gasteiger partial charge in [0.2, 0.25) is 5.82 Å². The zero-order valence-corrected chi connectivity index (χ0v) is 13.2. The molecule has 3 rings (SSSR count). The van der Waals surface area contributed by atoms with Gasteiger partial charge < -0.3 is 9.80 Å². The van der Waals surface area contributed by atoms with Crippen LogP contribution >= 0.6 is 0 Å². The van der Waals surface area contributed by atoms with Crippen molar-refractivity contribution in [2.24, 2.45) is 0 Å². The molecule has 142 valence electrons. The average molecular weight is 382 g/mol. The Morgan fingerprint density at radius 2 is 1.62 bits per heavy atom. The number of halogens is 6. The highest BCUT2D eigenvalue weighted by Gasteiger charge is 2.53. The highest BCUT2D eigenvalue weighted by Crippen LogP contribution is 2.35. The molecular weight excluding hydrogens is 370 g/mol. The molecule has 0 N–H and O–H groups in total. The first-order chi connectivity index (χ1) is 11.9. The van der Waals surface area contributed by atoms with Crippen LogP contribution in [0.1, 0.15) is 28.4 Å². The van der Waals surface area contributed by atoms with Gasteiger partial charge in [0.1, 0.15) is 5.69 Å². The van der Waals surface area contributed by atoms with Crippen molar-refractivity contribution in [3.05, 3.63) is 23.3 Å². The molecule has 12 heteroatoms. The highest BCUT2D eigenvalue weighted by atomic mass is 19.4. The van der Waals surface area contributed by atoms with Gasteiger partial charge in [-0.15, -0.1) is 0 Å². The summed E-state index contributed by atoms with van der Waals surface area (Å²) < 4.78 is 76.0. The van der Waals surface area contributed by atoms with E-state index in [0.29, 0.717) is 4.90 Å². The fourth-order valence-electron chi connectivity index (χ4n) is 3.28. The van der Waals surface area contributed by atoms with Gasteiger partial charge in [-0.05, 0) is 19.4 Å². The first-order valence-corrected chi connectivity index (χ1v) is 7.49. The van der Waals surface area contributed by atoms with E-state index >= 15 is 0 Å². The molecule has 0 unspecified atom stereocenters. The maximum absolute atomic E-state index is 12.8. The van der Waals surface area contributed by atoms with Gasteiger partial charge in [0.25, 0.3) is 5.91 Å². The maximum atomic E-state index is 12.8. The third-order valence-electron chi connectivity index (χ3n) is 4.33. The van der Waals surface area contributed by atoms with Crippen LogP contribution in [0.3, 0.4) is 0 Å². The summed E-state index contributed by atoms with van der Waals surface area (Å²) in [6, 6.07) is -0.422. The Balaban J connectivity index is 1.79. The van der Waals surface area contributed by atoms with Crippen LogP contribution in [0.5, 0.6) is 0 Å². The van der Waals surface area contributed by atoms with Gasteiger partial charge in [-0.3, -0.25) is 9.59 Å². The van der Waals surface area contributed by atoms with Crippen LogP contribution in [0.2, 0.25) is 0 Å². The second-order valence-electron chi connectivity index (χ2n) is 6.17. The van der Waals surface area contributed by atoms with Crippen molar-refractivity contribution >= 4 is 11.8 Å². The summed E-state index contributed by atoms with van der Waals surface area (Å²) in [6.45, 7) is 0.772. The van der Waals surface area contributed by atoms with E-state index in [2.05, 4.69) is 9.97 Å². The van der Waals surface area contributed by atoms with Gasteiger partial charge in [0.05, 0.1) is 12.1 Å². The van der Waals surface area contributed by atoms with Crippen LogP contribution in [-0.2, 0) is 11.0 Å². The number of piperazine rings is 1. The quantitative estimate of drug-likeness (QED) is 0.695. The fourth-order valence-corrected chi connectivity index (χ4v) is 3.28. The molecular formula is C14H12F6N4O2. The Morgan fingerprint density at radius 1 is 1.04 bits per heavy atom. The number of hydrogen-bond acceptors (Lipinski definition) is 4. The van der Waals surface area contributed by atoms with Gasteiger partial charge in [0.15, 0.2) is 0 Å². The van der Waals surface area contributed by atoms with E-state index in [0.717, 1.165) is 11.0 Å². The van der Waals surface area contributed by atoms with Gasteiger partial charge in [-0.1, -0.05) is 0 Å².